The van der Waals surface area contributed by atoms with Crippen LogP contribution in [0.1, 0.15) is 32.1 Å². The van der Waals surface area contributed by atoms with E-state index in [0.717, 1.165) is 24.4 Å². The van der Waals surface area contributed by atoms with Crippen LogP contribution < -0.4 is 10.2 Å². The number of carbonyl (C=O) groups excluding carboxylic acids is 1. The van der Waals surface area contributed by atoms with Gasteiger partial charge in [0, 0.05) is 17.6 Å². The van der Waals surface area contributed by atoms with Gasteiger partial charge in [0.15, 0.2) is 5.13 Å². The zero-order chi connectivity index (χ0) is 12.5. The normalized spacial score (nSPS) is 32.4. The Hall–Kier alpha value is -0.940. The van der Waals surface area contributed by atoms with Gasteiger partial charge in [-0.3, -0.25) is 9.69 Å². The Morgan fingerprint density at radius 3 is 3.00 bits per heavy atom. The van der Waals surface area contributed by atoms with Gasteiger partial charge in [-0.05, 0) is 38.6 Å². The number of likely N-dealkylation sites (N-methyl/N-ethyl adjacent to an activating group) is 1. The largest absolute Gasteiger partial charge is 0.309 e. The lowest BCUT2D eigenvalue weighted by molar-refractivity contribution is -0.120. The standard InChI is InChI=1S/C13H19N3OS/c1-14-10-6-5-9-3-2-4-11(9)16(12(10)17)13-15-7-8-18-13/h7-11,14H,2-6H2,1H3. The highest BCUT2D eigenvalue weighted by atomic mass is 32.1. The van der Waals surface area contributed by atoms with Gasteiger partial charge in [0.1, 0.15) is 0 Å². The fraction of sp³-hybridized carbons (Fsp3) is 0.692. The molecule has 1 saturated heterocycles. The molecule has 1 aromatic heterocycles. The highest BCUT2D eigenvalue weighted by molar-refractivity contribution is 7.13. The van der Waals surface area contributed by atoms with Crippen molar-refractivity contribution in [1.82, 2.24) is 10.3 Å². The molecule has 0 radical (unpaired) electrons. The van der Waals surface area contributed by atoms with E-state index in [9.17, 15) is 4.79 Å². The molecule has 1 aliphatic carbocycles. The van der Waals surface area contributed by atoms with Crippen LogP contribution in [0.15, 0.2) is 11.6 Å². The predicted octanol–water partition coefficient (Wildman–Crippen LogP) is 2.03. The Bertz CT molecular complexity index is 420. The first-order chi connectivity index (χ1) is 8.81. The van der Waals surface area contributed by atoms with E-state index in [0.29, 0.717) is 12.0 Å². The average Bonchev–Trinajstić information content (AvgIpc) is 3.01. The minimum Gasteiger partial charge on any atom is -0.309 e. The number of anilines is 1. The first kappa shape index (κ1) is 12.1. The number of hydrogen-bond acceptors (Lipinski definition) is 4. The van der Waals surface area contributed by atoms with Crippen molar-refractivity contribution < 1.29 is 4.79 Å². The van der Waals surface area contributed by atoms with E-state index in [4.69, 9.17) is 0 Å². The van der Waals surface area contributed by atoms with Crippen LogP contribution in [0.4, 0.5) is 5.13 Å². The van der Waals surface area contributed by atoms with Gasteiger partial charge < -0.3 is 5.32 Å². The Balaban J connectivity index is 1.96. The number of thiazole rings is 1. The van der Waals surface area contributed by atoms with Crippen LogP contribution in [-0.4, -0.2) is 30.0 Å². The lowest BCUT2D eigenvalue weighted by Crippen LogP contribution is -2.48. The van der Waals surface area contributed by atoms with Gasteiger partial charge in [0.2, 0.25) is 5.91 Å². The van der Waals surface area contributed by atoms with Crippen molar-refractivity contribution in [3.05, 3.63) is 11.6 Å². The molecule has 3 unspecified atom stereocenters. The molecule has 1 amide bonds. The minimum absolute atomic E-state index is 0.0421. The van der Waals surface area contributed by atoms with E-state index >= 15 is 0 Å². The average molecular weight is 265 g/mol. The molecule has 3 rings (SSSR count). The highest BCUT2D eigenvalue weighted by Gasteiger charge is 2.41. The molecule has 2 fully saturated rings. The van der Waals surface area contributed by atoms with Crippen LogP contribution in [0.5, 0.6) is 0 Å². The predicted molar refractivity (Wildman–Crippen MR) is 72.8 cm³/mol. The quantitative estimate of drug-likeness (QED) is 0.890. The molecule has 18 heavy (non-hydrogen) atoms. The summed E-state index contributed by atoms with van der Waals surface area (Å²) in [6, 6.07) is 0.335. The van der Waals surface area contributed by atoms with E-state index in [1.165, 1.54) is 12.8 Å². The summed E-state index contributed by atoms with van der Waals surface area (Å²) in [5.74, 6) is 0.873. The SMILES string of the molecule is CNC1CCC2CCCC2N(c2nccs2)C1=O. The number of rotatable bonds is 2. The van der Waals surface area contributed by atoms with Gasteiger partial charge in [0.05, 0.1) is 6.04 Å². The lowest BCUT2D eigenvalue weighted by Gasteiger charge is -2.29. The summed E-state index contributed by atoms with van der Waals surface area (Å²) in [6.07, 6.45) is 7.54. The third-order valence-electron chi connectivity index (χ3n) is 4.29. The Morgan fingerprint density at radius 2 is 2.28 bits per heavy atom. The van der Waals surface area contributed by atoms with E-state index < -0.39 is 0 Å². The second-order valence-corrected chi connectivity index (χ2v) is 6.07. The molecule has 1 N–H and O–H groups in total. The van der Waals surface area contributed by atoms with Crippen molar-refractivity contribution >= 4 is 22.4 Å². The van der Waals surface area contributed by atoms with E-state index in [2.05, 4.69) is 10.3 Å². The van der Waals surface area contributed by atoms with Crippen molar-refractivity contribution in [2.24, 2.45) is 5.92 Å². The maximum atomic E-state index is 12.6. The number of nitrogens with zero attached hydrogens (tertiary/aromatic N) is 2. The molecule has 1 saturated carbocycles. The van der Waals surface area contributed by atoms with Gasteiger partial charge in [-0.15, -0.1) is 11.3 Å². The molecule has 5 heteroatoms. The van der Waals surface area contributed by atoms with Crippen molar-refractivity contribution in [3.8, 4) is 0 Å². The first-order valence-corrected chi connectivity index (χ1v) is 7.59. The number of hydrogen-bond donors (Lipinski definition) is 1. The molecule has 4 nitrogen and oxygen atoms in total. The third-order valence-corrected chi connectivity index (χ3v) is 5.06. The number of carbonyl (C=O) groups is 1. The van der Waals surface area contributed by atoms with Crippen LogP contribution in [0.2, 0.25) is 0 Å². The maximum absolute atomic E-state index is 12.6. The summed E-state index contributed by atoms with van der Waals surface area (Å²) in [7, 11) is 1.88. The second-order valence-electron chi connectivity index (χ2n) is 5.20. The summed E-state index contributed by atoms with van der Waals surface area (Å²) < 4.78 is 0. The van der Waals surface area contributed by atoms with Crippen LogP contribution in [-0.2, 0) is 4.79 Å². The minimum atomic E-state index is -0.0421. The van der Waals surface area contributed by atoms with Crippen LogP contribution >= 0.6 is 11.3 Å². The molecule has 98 valence electrons. The number of amides is 1. The Labute approximate surface area is 111 Å². The van der Waals surface area contributed by atoms with Crippen LogP contribution in [0.25, 0.3) is 0 Å². The van der Waals surface area contributed by atoms with Gasteiger partial charge >= 0.3 is 0 Å². The van der Waals surface area contributed by atoms with E-state index in [1.807, 2.05) is 17.3 Å². The van der Waals surface area contributed by atoms with Gasteiger partial charge in [0.25, 0.3) is 0 Å². The second kappa shape index (κ2) is 4.97. The Morgan fingerprint density at radius 1 is 1.39 bits per heavy atom. The van der Waals surface area contributed by atoms with Crippen LogP contribution in [0.3, 0.4) is 0 Å². The molecule has 0 bridgehead atoms. The summed E-state index contributed by atoms with van der Waals surface area (Å²) in [5.41, 5.74) is 0. The van der Waals surface area contributed by atoms with Gasteiger partial charge in [-0.1, -0.05) is 6.42 Å². The summed E-state index contributed by atoms with van der Waals surface area (Å²) in [6.45, 7) is 0. The first-order valence-electron chi connectivity index (χ1n) is 6.71. The van der Waals surface area contributed by atoms with Gasteiger partial charge in [-0.2, -0.15) is 0 Å². The lowest BCUT2D eigenvalue weighted by atomic mass is 9.97. The zero-order valence-corrected chi connectivity index (χ0v) is 11.4. The van der Waals surface area contributed by atoms with Crippen LogP contribution in [0, 0.1) is 5.92 Å². The molecular weight excluding hydrogens is 246 g/mol. The molecule has 1 aliphatic heterocycles. The zero-order valence-electron chi connectivity index (χ0n) is 10.6. The Kier molecular flexibility index (Phi) is 3.35. The number of nitrogens with one attached hydrogen (secondary N) is 1. The molecule has 2 heterocycles. The van der Waals surface area contributed by atoms with E-state index in [-0.39, 0.29) is 11.9 Å². The van der Waals surface area contributed by atoms with Crippen molar-refractivity contribution in [1.29, 1.82) is 0 Å². The van der Waals surface area contributed by atoms with Crippen molar-refractivity contribution in [3.63, 3.8) is 0 Å². The monoisotopic (exact) mass is 265 g/mol. The molecule has 3 atom stereocenters. The van der Waals surface area contributed by atoms with Crippen molar-refractivity contribution in [2.45, 2.75) is 44.2 Å². The topological polar surface area (TPSA) is 45.2 Å². The molecule has 0 aromatic carbocycles. The number of aromatic nitrogens is 1. The fourth-order valence-corrected chi connectivity index (χ4v) is 4.07. The summed E-state index contributed by atoms with van der Waals surface area (Å²) in [4.78, 5) is 19.0. The fourth-order valence-electron chi connectivity index (χ4n) is 3.37. The third kappa shape index (κ3) is 1.95. The molecule has 1 aromatic rings. The smallest absolute Gasteiger partial charge is 0.246 e. The summed E-state index contributed by atoms with van der Waals surface area (Å²) in [5, 5.41) is 5.98. The number of fused-ring (bicyclic) bond motifs is 1. The molecule has 2 aliphatic rings. The van der Waals surface area contributed by atoms with Gasteiger partial charge in [-0.25, -0.2) is 4.98 Å². The maximum Gasteiger partial charge on any atom is 0.246 e. The molecule has 0 spiro atoms. The highest BCUT2D eigenvalue weighted by Crippen LogP contribution is 2.39. The summed E-state index contributed by atoms with van der Waals surface area (Å²) >= 11 is 1.57. The van der Waals surface area contributed by atoms with Crippen molar-refractivity contribution in [2.75, 3.05) is 11.9 Å². The van der Waals surface area contributed by atoms with E-state index in [1.54, 1.807) is 17.5 Å². The molecular formula is C13H19N3OS.